The first-order valence-electron chi connectivity index (χ1n) is 5.92. The Bertz CT molecular complexity index is 408. The molecule has 5 heteroatoms. The van der Waals surface area contributed by atoms with Crippen LogP contribution in [-0.2, 0) is 14.3 Å². The minimum atomic E-state index is -0.0538. The van der Waals surface area contributed by atoms with Gasteiger partial charge in [0.2, 0.25) is 0 Å². The van der Waals surface area contributed by atoms with Gasteiger partial charge in [-0.1, -0.05) is 12.1 Å². The Morgan fingerprint density at radius 2 is 2.22 bits per heavy atom. The summed E-state index contributed by atoms with van der Waals surface area (Å²) in [7, 11) is 1.60. The molecule has 0 bridgehead atoms. The van der Waals surface area contributed by atoms with Gasteiger partial charge in [-0.2, -0.15) is 0 Å². The molecule has 1 aliphatic rings. The van der Waals surface area contributed by atoms with E-state index in [-0.39, 0.29) is 12.5 Å². The van der Waals surface area contributed by atoms with Crippen LogP contribution in [0.25, 0.3) is 0 Å². The molecule has 0 N–H and O–H groups in total. The summed E-state index contributed by atoms with van der Waals surface area (Å²) in [5, 5.41) is 0. The van der Waals surface area contributed by atoms with E-state index in [1.165, 1.54) is 0 Å². The highest BCUT2D eigenvalue weighted by Crippen LogP contribution is 2.30. The summed E-state index contributed by atoms with van der Waals surface area (Å²) in [5.74, 6) is 0.691. The molecule has 0 unspecified atom stereocenters. The fourth-order valence-corrected chi connectivity index (χ4v) is 1.81. The number of anilines is 1. The highest BCUT2D eigenvalue weighted by atomic mass is 16.5. The minimum Gasteiger partial charge on any atom is -0.490 e. The lowest BCUT2D eigenvalue weighted by atomic mass is 10.2. The maximum absolute atomic E-state index is 12.0. The maximum atomic E-state index is 12.0. The van der Waals surface area contributed by atoms with Gasteiger partial charge in [-0.3, -0.25) is 4.79 Å². The molecule has 0 spiro atoms. The number of hydrogen-bond donors (Lipinski definition) is 0. The molecule has 0 atom stereocenters. The molecular formula is C13H17NO4. The van der Waals surface area contributed by atoms with E-state index in [1.54, 1.807) is 12.0 Å². The Morgan fingerprint density at radius 3 is 3.06 bits per heavy atom. The second-order valence-corrected chi connectivity index (χ2v) is 3.91. The Hall–Kier alpha value is -1.59. The minimum absolute atomic E-state index is 0.0538. The maximum Gasteiger partial charge on any atom is 0.253 e. The number of ether oxygens (including phenoxy) is 3. The average molecular weight is 251 g/mol. The predicted molar refractivity (Wildman–Crippen MR) is 67.0 cm³/mol. The molecule has 0 saturated heterocycles. The van der Waals surface area contributed by atoms with Crippen molar-refractivity contribution in [2.45, 2.75) is 0 Å². The normalized spacial score (nSPS) is 13.9. The number of amides is 1. The lowest BCUT2D eigenvalue weighted by Gasteiger charge is -2.29. The van der Waals surface area contributed by atoms with Crippen LogP contribution >= 0.6 is 0 Å². The average Bonchev–Trinajstić information content (AvgIpc) is 2.43. The smallest absolute Gasteiger partial charge is 0.253 e. The Labute approximate surface area is 106 Å². The van der Waals surface area contributed by atoms with Crippen LogP contribution in [0.4, 0.5) is 5.69 Å². The third kappa shape index (κ3) is 3.00. The zero-order chi connectivity index (χ0) is 12.8. The molecule has 2 rings (SSSR count). The Balaban J connectivity index is 1.95. The van der Waals surface area contributed by atoms with Gasteiger partial charge in [0.15, 0.2) is 0 Å². The van der Waals surface area contributed by atoms with Crippen LogP contribution in [0.15, 0.2) is 24.3 Å². The molecule has 18 heavy (non-hydrogen) atoms. The number of fused-ring (bicyclic) bond motifs is 1. The SMILES string of the molecule is COCCOCC(=O)N1CCOc2ccccc21. The van der Waals surface area contributed by atoms with Gasteiger partial charge in [-0.25, -0.2) is 0 Å². The van der Waals surface area contributed by atoms with Crippen LogP contribution in [-0.4, -0.2) is 46.0 Å². The number of carbonyl (C=O) groups excluding carboxylic acids is 1. The number of nitrogens with zero attached hydrogens (tertiary/aromatic N) is 1. The van der Waals surface area contributed by atoms with Crippen molar-refractivity contribution < 1.29 is 19.0 Å². The Morgan fingerprint density at radius 1 is 1.39 bits per heavy atom. The van der Waals surface area contributed by atoms with Crippen molar-refractivity contribution in [3.8, 4) is 5.75 Å². The number of methoxy groups -OCH3 is 1. The summed E-state index contributed by atoms with van der Waals surface area (Å²) in [6.45, 7) is 2.06. The molecule has 0 radical (unpaired) electrons. The van der Waals surface area contributed by atoms with Crippen LogP contribution in [0.3, 0.4) is 0 Å². The number of benzene rings is 1. The quantitative estimate of drug-likeness (QED) is 0.735. The van der Waals surface area contributed by atoms with Crippen molar-refractivity contribution in [3.63, 3.8) is 0 Å². The van der Waals surface area contributed by atoms with Gasteiger partial charge in [0.1, 0.15) is 19.0 Å². The van der Waals surface area contributed by atoms with Crippen molar-refractivity contribution in [1.82, 2.24) is 0 Å². The third-order valence-electron chi connectivity index (χ3n) is 2.69. The van der Waals surface area contributed by atoms with E-state index in [9.17, 15) is 4.79 Å². The van der Waals surface area contributed by atoms with Crippen molar-refractivity contribution in [2.75, 3.05) is 45.0 Å². The lowest BCUT2D eigenvalue weighted by Crippen LogP contribution is -2.40. The molecule has 1 amide bonds. The van der Waals surface area contributed by atoms with Crippen LogP contribution in [0.2, 0.25) is 0 Å². The van der Waals surface area contributed by atoms with Crippen LogP contribution < -0.4 is 9.64 Å². The summed E-state index contributed by atoms with van der Waals surface area (Å²) in [6, 6.07) is 7.52. The van der Waals surface area contributed by atoms with E-state index in [0.29, 0.717) is 26.4 Å². The van der Waals surface area contributed by atoms with Gasteiger partial charge in [-0.05, 0) is 12.1 Å². The van der Waals surface area contributed by atoms with E-state index in [4.69, 9.17) is 14.2 Å². The number of rotatable bonds is 5. The lowest BCUT2D eigenvalue weighted by molar-refractivity contribution is -0.123. The van der Waals surface area contributed by atoms with E-state index in [0.717, 1.165) is 11.4 Å². The van der Waals surface area contributed by atoms with Crippen LogP contribution in [0.1, 0.15) is 0 Å². The number of hydrogen-bond acceptors (Lipinski definition) is 4. The molecule has 0 fully saturated rings. The van der Waals surface area contributed by atoms with E-state index >= 15 is 0 Å². The molecule has 1 aromatic rings. The summed E-state index contributed by atoms with van der Waals surface area (Å²) in [4.78, 5) is 13.7. The summed E-state index contributed by atoms with van der Waals surface area (Å²) >= 11 is 0. The molecule has 0 aromatic heterocycles. The molecule has 1 aliphatic heterocycles. The third-order valence-corrected chi connectivity index (χ3v) is 2.69. The molecule has 1 aromatic carbocycles. The van der Waals surface area contributed by atoms with Crippen LogP contribution in [0, 0.1) is 0 Å². The zero-order valence-corrected chi connectivity index (χ0v) is 10.4. The fourth-order valence-electron chi connectivity index (χ4n) is 1.81. The topological polar surface area (TPSA) is 48.0 Å². The Kier molecular flexibility index (Phi) is 4.55. The van der Waals surface area contributed by atoms with Gasteiger partial charge < -0.3 is 19.1 Å². The predicted octanol–water partition coefficient (Wildman–Crippen LogP) is 1.07. The molecule has 0 aliphatic carbocycles. The first-order chi connectivity index (χ1) is 8.83. The number of carbonyl (C=O) groups is 1. The highest BCUT2D eigenvalue weighted by Gasteiger charge is 2.22. The molecule has 98 valence electrons. The van der Waals surface area contributed by atoms with Gasteiger partial charge >= 0.3 is 0 Å². The first-order valence-corrected chi connectivity index (χ1v) is 5.92. The summed E-state index contributed by atoms with van der Waals surface area (Å²) < 4.78 is 15.6. The largest absolute Gasteiger partial charge is 0.490 e. The van der Waals surface area contributed by atoms with Crippen LogP contribution in [0.5, 0.6) is 5.75 Å². The highest BCUT2D eigenvalue weighted by molar-refractivity contribution is 5.96. The standard InChI is InChI=1S/C13H17NO4/c1-16-8-9-17-10-13(15)14-6-7-18-12-5-3-2-4-11(12)14/h2-5H,6-10H2,1H3. The van der Waals surface area contributed by atoms with Crippen molar-refractivity contribution in [3.05, 3.63) is 24.3 Å². The van der Waals surface area contributed by atoms with E-state index in [1.807, 2.05) is 24.3 Å². The van der Waals surface area contributed by atoms with E-state index in [2.05, 4.69) is 0 Å². The van der Waals surface area contributed by atoms with Crippen molar-refractivity contribution in [1.29, 1.82) is 0 Å². The van der Waals surface area contributed by atoms with Crippen molar-refractivity contribution >= 4 is 11.6 Å². The zero-order valence-electron chi connectivity index (χ0n) is 10.4. The molecular weight excluding hydrogens is 234 g/mol. The van der Waals surface area contributed by atoms with E-state index < -0.39 is 0 Å². The summed E-state index contributed by atoms with van der Waals surface area (Å²) in [5.41, 5.74) is 0.809. The second kappa shape index (κ2) is 6.37. The van der Waals surface area contributed by atoms with Gasteiger partial charge in [0.25, 0.3) is 5.91 Å². The molecule has 0 saturated carbocycles. The monoisotopic (exact) mass is 251 g/mol. The van der Waals surface area contributed by atoms with Gasteiger partial charge in [0, 0.05) is 7.11 Å². The van der Waals surface area contributed by atoms with Gasteiger partial charge in [0.05, 0.1) is 25.4 Å². The number of para-hydroxylation sites is 2. The molecule has 1 heterocycles. The van der Waals surface area contributed by atoms with Gasteiger partial charge in [-0.15, -0.1) is 0 Å². The fraction of sp³-hybridized carbons (Fsp3) is 0.462. The first kappa shape index (κ1) is 12.9. The molecule has 5 nitrogen and oxygen atoms in total. The van der Waals surface area contributed by atoms with Crippen molar-refractivity contribution in [2.24, 2.45) is 0 Å². The second-order valence-electron chi connectivity index (χ2n) is 3.91. The summed E-state index contributed by atoms with van der Waals surface area (Å²) in [6.07, 6.45) is 0.